The topological polar surface area (TPSA) is 96.2 Å². The maximum absolute atomic E-state index is 11.6. The van der Waals surface area contributed by atoms with Crippen molar-refractivity contribution in [3.8, 4) is 11.3 Å². The van der Waals surface area contributed by atoms with Crippen LogP contribution in [0.2, 0.25) is 0 Å². The van der Waals surface area contributed by atoms with Crippen LogP contribution in [-0.4, -0.2) is 69.5 Å². The monoisotopic (exact) mass is 522 g/mol. The summed E-state index contributed by atoms with van der Waals surface area (Å²) in [5, 5.41) is 4.40. The summed E-state index contributed by atoms with van der Waals surface area (Å²) in [6, 6.07) is 4.81. The van der Waals surface area contributed by atoms with Crippen LogP contribution >= 0.6 is 0 Å². The summed E-state index contributed by atoms with van der Waals surface area (Å²) in [5.41, 5.74) is 10.0. The molecule has 0 radical (unpaired) electrons. The summed E-state index contributed by atoms with van der Waals surface area (Å²) in [4.78, 5) is 15.6. The maximum atomic E-state index is 11.6. The number of nitrogens with zero attached hydrogens (tertiary/aromatic N) is 5. The van der Waals surface area contributed by atoms with Crippen molar-refractivity contribution in [3.63, 3.8) is 0 Å². The largest absolute Gasteiger partial charge is 0.353 e. The van der Waals surface area contributed by atoms with Crippen molar-refractivity contribution in [2.75, 3.05) is 25.6 Å². The van der Waals surface area contributed by atoms with Crippen LogP contribution in [0.4, 0.5) is 0 Å². The van der Waals surface area contributed by atoms with E-state index in [2.05, 4.69) is 73.0 Å². The molecule has 198 valence electrons. The molecule has 5 rings (SSSR count). The van der Waals surface area contributed by atoms with Gasteiger partial charge in [0.1, 0.15) is 16.2 Å². The Morgan fingerprint density at radius 2 is 1.86 bits per heavy atom. The number of hydrogen-bond acceptors (Lipinski definition) is 6. The van der Waals surface area contributed by atoms with Crippen LogP contribution in [0.15, 0.2) is 24.7 Å². The number of rotatable bonds is 7. The Morgan fingerprint density at radius 1 is 1.14 bits per heavy atom. The summed E-state index contributed by atoms with van der Waals surface area (Å²) in [6.45, 7) is 9.31. The van der Waals surface area contributed by atoms with Crippen LogP contribution in [0.1, 0.15) is 73.8 Å². The SMILES string of the molecule is Cc1c(-c2[nH]c3ccc(C4CCC(N(C)CCS(C)(=O)=O)CC4)nc3c2C(C)C)cn2ncnc2c1C. The van der Waals surface area contributed by atoms with Crippen LogP contribution in [0.3, 0.4) is 0 Å². The van der Waals surface area contributed by atoms with E-state index in [9.17, 15) is 8.42 Å². The normalized spacial score (nSPS) is 19.0. The third-order valence-corrected chi connectivity index (χ3v) is 9.15. The van der Waals surface area contributed by atoms with Gasteiger partial charge in [-0.3, -0.25) is 4.98 Å². The van der Waals surface area contributed by atoms with E-state index in [1.165, 1.54) is 17.4 Å². The lowest BCUT2D eigenvalue weighted by molar-refractivity contribution is 0.190. The number of fused-ring (bicyclic) bond motifs is 2. The van der Waals surface area contributed by atoms with Gasteiger partial charge in [0.2, 0.25) is 0 Å². The van der Waals surface area contributed by atoms with Gasteiger partial charge >= 0.3 is 0 Å². The van der Waals surface area contributed by atoms with Gasteiger partial charge in [-0.2, -0.15) is 5.10 Å². The molecule has 0 bridgehead atoms. The van der Waals surface area contributed by atoms with Gasteiger partial charge in [-0.05, 0) is 75.8 Å². The fraction of sp³-hybridized carbons (Fsp3) is 0.536. The van der Waals surface area contributed by atoms with E-state index in [1.807, 2.05) is 4.52 Å². The minimum absolute atomic E-state index is 0.221. The number of H-pyrrole nitrogens is 1. The standard InChI is InChI=1S/C28H38N6O2S/c1-17(2)25-26(22-15-34-28(29-16-30-34)19(4)18(22)3)32-24-12-11-23(31-27(24)25)20-7-9-21(10-8-20)33(5)13-14-37(6,35)36/h11-12,15-17,20-21,32H,7-10,13-14H2,1-6H3. The van der Waals surface area contributed by atoms with Gasteiger partial charge < -0.3 is 9.88 Å². The Kier molecular flexibility index (Phi) is 6.87. The predicted octanol–water partition coefficient (Wildman–Crippen LogP) is 5.02. The van der Waals surface area contributed by atoms with Crippen molar-refractivity contribution < 1.29 is 8.42 Å². The van der Waals surface area contributed by atoms with E-state index in [-0.39, 0.29) is 5.75 Å². The molecular formula is C28H38N6O2S. The van der Waals surface area contributed by atoms with E-state index in [1.54, 1.807) is 6.33 Å². The molecule has 37 heavy (non-hydrogen) atoms. The van der Waals surface area contributed by atoms with Gasteiger partial charge in [-0.1, -0.05) is 13.8 Å². The van der Waals surface area contributed by atoms with Gasteiger partial charge in [0.15, 0.2) is 5.65 Å². The van der Waals surface area contributed by atoms with Crippen LogP contribution < -0.4 is 0 Å². The molecule has 4 aromatic rings. The summed E-state index contributed by atoms with van der Waals surface area (Å²) >= 11 is 0. The average Bonchev–Trinajstić information content (AvgIpc) is 3.48. The molecule has 0 saturated heterocycles. The van der Waals surface area contributed by atoms with E-state index in [0.29, 0.717) is 24.4 Å². The summed E-state index contributed by atoms with van der Waals surface area (Å²) in [7, 11) is -0.885. The molecule has 4 heterocycles. The Bertz CT molecular complexity index is 1540. The minimum Gasteiger partial charge on any atom is -0.353 e. The molecule has 0 atom stereocenters. The van der Waals surface area contributed by atoms with Crippen molar-refractivity contribution in [1.29, 1.82) is 0 Å². The Balaban J connectivity index is 1.43. The molecule has 1 aliphatic rings. The molecule has 1 saturated carbocycles. The zero-order valence-electron chi connectivity index (χ0n) is 22.7. The average molecular weight is 523 g/mol. The molecule has 0 amide bonds. The highest BCUT2D eigenvalue weighted by atomic mass is 32.2. The van der Waals surface area contributed by atoms with Crippen molar-refractivity contribution >= 4 is 26.5 Å². The quantitative estimate of drug-likeness (QED) is 0.366. The van der Waals surface area contributed by atoms with Crippen molar-refractivity contribution in [2.24, 2.45) is 0 Å². The molecule has 0 aliphatic heterocycles. The first-order valence-electron chi connectivity index (χ1n) is 13.2. The first kappa shape index (κ1) is 25.9. The van der Waals surface area contributed by atoms with Crippen LogP contribution in [-0.2, 0) is 9.84 Å². The van der Waals surface area contributed by atoms with E-state index < -0.39 is 9.84 Å². The molecule has 0 aromatic carbocycles. The van der Waals surface area contributed by atoms with E-state index >= 15 is 0 Å². The maximum Gasteiger partial charge on any atom is 0.158 e. The number of pyridine rings is 2. The molecule has 1 N–H and O–H groups in total. The summed E-state index contributed by atoms with van der Waals surface area (Å²) < 4.78 is 25.0. The number of aromatic nitrogens is 5. The third kappa shape index (κ3) is 5.03. The molecule has 4 aromatic heterocycles. The second kappa shape index (κ2) is 9.83. The number of aromatic amines is 1. The number of nitrogens with one attached hydrogen (secondary N) is 1. The molecule has 0 unspecified atom stereocenters. The number of hydrogen-bond donors (Lipinski definition) is 1. The molecule has 8 nitrogen and oxygen atoms in total. The number of sulfone groups is 1. The summed E-state index contributed by atoms with van der Waals surface area (Å²) in [5.74, 6) is 0.952. The lowest BCUT2D eigenvalue weighted by Gasteiger charge is -2.34. The highest BCUT2D eigenvalue weighted by Gasteiger charge is 2.27. The molecule has 0 spiro atoms. The Hall–Kier alpha value is -2.78. The number of aryl methyl sites for hydroxylation is 1. The van der Waals surface area contributed by atoms with Crippen LogP contribution in [0.5, 0.6) is 0 Å². The van der Waals surface area contributed by atoms with Crippen molar-refractivity contribution in [3.05, 3.63) is 47.0 Å². The molecular weight excluding hydrogens is 484 g/mol. The van der Waals surface area contributed by atoms with E-state index in [0.717, 1.165) is 64.9 Å². The van der Waals surface area contributed by atoms with Gasteiger partial charge in [0.25, 0.3) is 0 Å². The molecule has 1 aliphatic carbocycles. The molecule has 1 fully saturated rings. The first-order chi connectivity index (χ1) is 17.5. The van der Waals surface area contributed by atoms with Gasteiger partial charge in [0, 0.05) is 47.8 Å². The fourth-order valence-electron chi connectivity index (χ4n) is 5.86. The minimum atomic E-state index is -2.94. The zero-order chi connectivity index (χ0) is 26.5. The Labute approximate surface area is 219 Å². The van der Waals surface area contributed by atoms with Crippen LogP contribution in [0, 0.1) is 13.8 Å². The van der Waals surface area contributed by atoms with Crippen molar-refractivity contribution in [2.45, 2.75) is 71.3 Å². The van der Waals surface area contributed by atoms with Crippen molar-refractivity contribution in [1.82, 2.24) is 29.5 Å². The Morgan fingerprint density at radius 3 is 2.54 bits per heavy atom. The second-order valence-corrected chi connectivity index (χ2v) is 13.4. The van der Waals surface area contributed by atoms with Gasteiger partial charge in [-0.25, -0.2) is 17.9 Å². The zero-order valence-corrected chi connectivity index (χ0v) is 23.6. The van der Waals surface area contributed by atoms with Crippen LogP contribution in [0.25, 0.3) is 27.9 Å². The lowest BCUT2D eigenvalue weighted by atomic mass is 9.83. The first-order valence-corrected chi connectivity index (χ1v) is 15.3. The van der Waals surface area contributed by atoms with Gasteiger partial charge in [0.05, 0.1) is 22.5 Å². The van der Waals surface area contributed by atoms with Gasteiger partial charge in [-0.15, -0.1) is 0 Å². The fourth-order valence-corrected chi connectivity index (χ4v) is 6.48. The smallest absolute Gasteiger partial charge is 0.158 e. The third-order valence-electron chi connectivity index (χ3n) is 8.23. The molecule has 9 heteroatoms. The highest BCUT2D eigenvalue weighted by molar-refractivity contribution is 7.90. The lowest BCUT2D eigenvalue weighted by Crippen LogP contribution is -2.37. The highest BCUT2D eigenvalue weighted by Crippen LogP contribution is 2.39. The second-order valence-electron chi connectivity index (χ2n) is 11.1. The van der Waals surface area contributed by atoms with E-state index in [4.69, 9.17) is 4.98 Å². The summed E-state index contributed by atoms with van der Waals surface area (Å²) in [6.07, 6.45) is 9.26. The predicted molar refractivity (Wildman–Crippen MR) is 149 cm³/mol.